The van der Waals surface area contributed by atoms with Gasteiger partial charge in [0.25, 0.3) is 0 Å². The Balaban J connectivity index is 1.95. The lowest BCUT2D eigenvalue weighted by atomic mass is 10.1. The van der Waals surface area contributed by atoms with Gasteiger partial charge in [0.2, 0.25) is 0 Å². The number of rotatable bonds is 3. The van der Waals surface area contributed by atoms with Crippen LogP contribution in [0.4, 0.5) is 0 Å². The Hall–Kier alpha value is -2.55. The molecule has 3 heteroatoms. The zero-order valence-electron chi connectivity index (χ0n) is 11.3. The second-order valence-corrected chi connectivity index (χ2v) is 4.87. The Kier molecular flexibility index (Phi) is 3.25. The Morgan fingerprint density at radius 1 is 1.05 bits per heavy atom. The lowest BCUT2D eigenvalue weighted by molar-refractivity contribution is 0.466. The molecular weight excluding hydrogens is 248 g/mol. The van der Waals surface area contributed by atoms with E-state index in [4.69, 9.17) is 0 Å². The fourth-order valence-corrected chi connectivity index (χ4v) is 2.23. The van der Waals surface area contributed by atoms with Crippen LogP contribution in [-0.2, 0) is 6.54 Å². The molecule has 3 rings (SSSR count). The molecule has 1 N–H and O–H groups in total. The van der Waals surface area contributed by atoms with Gasteiger partial charge >= 0.3 is 0 Å². The van der Waals surface area contributed by atoms with E-state index in [1.807, 2.05) is 29.0 Å². The number of aromatic hydroxyl groups is 1. The lowest BCUT2D eigenvalue weighted by Gasteiger charge is -2.09. The lowest BCUT2D eigenvalue weighted by Crippen LogP contribution is -2.01. The highest BCUT2D eigenvalue weighted by Crippen LogP contribution is 2.22. The summed E-state index contributed by atoms with van der Waals surface area (Å²) >= 11 is 0. The maximum Gasteiger partial charge on any atom is 0.140 e. The maximum atomic E-state index is 9.87. The molecule has 0 bridgehead atoms. The number of aromatic nitrogens is 2. The summed E-state index contributed by atoms with van der Waals surface area (Å²) in [5, 5.41) is 9.87. The van der Waals surface area contributed by atoms with Crippen LogP contribution >= 0.6 is 0 Å². The van der Waals surface area contributed by atoms with Crippen molar-refractivity contribution in [1.82, 2.24) is 9.55 Å². The number of benzene rings is 2. The van der Waals surface area contributed by atoms with Crippen molar-refractivity contribution >= 4 is 0 Å². The smallest absolute Gasteiger partial charge is 0.140 e. The van der Waals surface area contributed by atoms with E-state index in [0.29, 0.717) is 12.3 Å². The van der Waals surface area contributed by atoms with Crippen LogP contribution in [0.5, 0.6) is 5.75 Å². The molecule has 3 aromatic rings. The Morgan fingerprint density at radius 2 is 1.80 bits per heavy atom. The van der Waals surface area contributed by atoms with Crippen molar-refractivity contribution in [1.29, 1.82) is 0 Å². The predicted octanol–water partition coefficient (Wildman–Crippen LogP) is 3.61. The molecule has 0 saturated heterocycles. The van der Waals surface area contributed by atoms with Gasteiger partial charge in [-0.05, 0) is 13.0 Å². The van der Waals surface area contributed by atoms with Crippen molar-refractivity contribution in [3.8, 4) is 17.1 Å². The first-order valence-corrected chi connectivity index (χ1v) is 6.59. The van der Waals surface area contributed by atoms with Crippen LogP contribution in [0.25, 0.3) is 11.4 Å². The minimum atomic E-state index is 0.316. The van der Waals surface area contributed by atoms with Gasteiger partial charge in [0.1, 0.15) is 11.6 Å². The van der Waals surface area contributed by atoms with Crippen LogP contribution in [0.15, 0.2) is 60.9 Å². The topological polar surface area (TPSA) is 38.0 Å². The third-order valence-corrected chi connectivity index (χ3v) is 3.36. The predicted molar refractivity (Wildman–Crippen MR) is 79.6 cm³/mol. The van der Waals surface area contributed by atoms with Crippen molar-refractivity contribution in [3.05, 3.63) is 72.1 Å². The molecule has 0 aliphatic heterocycles. The molecule has 2 aromatic carbocycles. The molecule has 0 aliphatic carbocycles. The van der Waals surface area contributed by atoms with Crippen LogP contribution in [-0.4, -0.2) is 14.7 Å². The monoisotopic (exact) mass is 264 g/mol. The molecule has 3 nitrogen and oxygen atoms in total. The van der Waals surface area contributed by atoms with Gasteiger partial charge in [0.05, 0.1) is 6.54 Å². The average molecular weight is 264 g/mol. The standard InChI is InChI=1S/C17H16N2O/c1-13-6-8-14(9-7-13)17-18-10-11-19(17)12-15-4-2-3-5-16(15)20/h2-11,20H,12H2,1H3. The van der Waals surface area contributed by atoms with Crippen molar-refractivity contribution < 1.29 is 5.11 Å². The molecule has 20 heavy (non-hydrogen) atoms. The summed E-state index contributed by atoms with van der Waals surface area (Å²) in [7, 11) is 0. The third kappa shape index (κ3) is 2.43. The quantitative estimate of drug-likeness (QED) is 0.784. The molecule has 0 spiro atoms. The summed E-state index contributed by atoms with van der Waals surface area (Å²) < 4.78 is 2.04. The van der Waals surface area contributed by atoms with E-state index in [2.05, 4.69) is 36.2 Å². The molecule has 1 aromatic heterocycles. The highest BCUT2D eigenvalue weighted by molar-refractivity contribution is 5.56. The fourth-order valence-electron chi connectivity index (χ4n) is 2.23. The van der Waals surface area contributed by atoms with Crippen molar-refractivity contribution in [2.75, 3.05) is 0 Å². The first-order valence-electron chi connectivity index (χ1n) is 6.59. The van der Waals surface area contributed by atoms with Crippen LogP contribution in [0.3, 0.4) is 0 Å². The molecule has 1 heterocycles. The molecule has 0 saturated carbocycles. The van der Waals surface area contributed by atoms with Crippen LogP contribution in [0.1, 0.15) is 11.1 Å². The number of phenolic OH excluding ortho intramolecular Hbond substituents is 1. The average Bonchev–Trinajstić information content (AvgIpc) is 2.90. The van der Waals surface area contributed by atoms with Gasteiger partial charge in [-0.2, -0.15) is 0 Å². The molecule has 0 amide bonds. The molecular formula is C17H16N2O. The molecule has 0 aliphatic rings. The number of hydrogen-bond donors (Lipinski definition) is 1. The molecule has 100 valence electrons. The fraction of sp³-hybridized carbons (Fsp3) is 0.118. The summed E-state index contributed by atoms with van der Waals surface area (Å²) in [6.07, 6.45) is 3.72. The van der Waals surface area contributed by atoms with Gasteiger partial charge in [-0.25, -0.2) is 4.98 Å². The molecule has 0 fully saturated rings. The largest absolute Gasteiger partial charge is 0.508 e. The number of aryl methyl sites for hydroxylation is 1. The number of phenols is 1. The molecule has 0 atom stereocenters. The second-order valence-electron chi connectivity index (χ2n) is 4.87. The van der Waals surface area contributed by atoms with Gasteiger partial charge in [-0.1, -0.05) is 48.0 Å². The highest BCUT2D eigenvalue weighted by Gasteiger charge is 2.08. The van der Waals surface area contributed by atoms with Gasteiger partial charge < -0.3 is 9.67 Å². The van der Waals surface area contributed by atoms with Crippen molar-refractivity contribution in [2.24, 2.45) is 0 Å². The first-order chi connectivity index (χ1) is 9.74. The van der Waals surface area contributed by atoms with Gasteiger partial charge in [-0.3, -0.25) is 0 Å². The molecule has 0 unspecified atom stereocenters. The SMILES string of the molecule is Cc1ccc(-c2nccn2Cc2ccccc2O)cc1. The van der Waals surface area contributed by atoms with Crippen molar-refractivity contribution in [2.45, 2.75) is 13.5 Å². The summed E-state index contributed by atoms with van der Waals surface area (Å²) in [6.45, 7) is 2.67. The zero-order valence-corrected chi connectivity index (χ0v) is 11.3. The minimum absolute atomic E-state index is 0.316. The zero-order chi connectivity index (χ0) is 13.9. The van der Waals surface area contributed by atoms with Crippen LogP contribution < -0.4 is 0 Å². The number of para-hydroxylation sites is 1. The van der Waals surface area contributed by atoms with Gasteiger partial charge in [0.15, 0.2) is 0 Å². The number of imidazole rings is 1. The Morgan fingerprint density at radius 3 is 2.55 bits per heavy atom. The number of nitrogens with zero attached hydrogens (tertiary/aromatic N) is 2. The number of hydrogen-bond acceptors (Lipinski definition) is 2. The van der Waals surface area contributed by atoms with E-state index in [0.717, 1.165) is 17.0 Å². The minimum Gasteiger partial charge on any atom is -0.508 e. The van der Waals surface area contributed by atoms with E-state index in [1.165, 1.54) is 5.56 Å². The summed E-state index contributed by atoms with van der Waals surface area (Å²) in [5.74, 6) is 1.23. The van der Waals surface area contributed by atoms with E-state index < -0.39 is 0 Å². The summed E-state index contributed by atoms with van der Waals surface area (Å²) in [6, 6.07) is 15.7. The summed E-state index contributed by atoms with van der Waals surface area (Å²) in [4.78, 5) is 4.42. The van der Waals surface area contributed by atoms with Gasteiger partial charge in [-0.15, -0.1) is 0 Å². The van der Waals surface area contributed by atoms with Crippen LogP contribution in [0.2, 0.25) is 0 Å². The Labute approximate surface area is 118 Å². The second kappa shape index (κ2) is 5.21. The third-order valence-electron chi connectivity index (χ3n) is 3.36. The van der Waals surface area contributed by atoms with E-state index in [-0.39, 0.29) is 0 Å². The Bertz CT molecular complexity index is 714. The highest BCUT2D eigenvalue weighted by atomic mass is 16.3. The van der Waals surface area contributed by atoms with E-state index in [9.17, 15) is 5.11 Å². The van der Waals surface area contributed by atoms with E-state index in [1.54, 1.807) is 12.3 Å². The van der Waals surface area contributed by atoms with Gasteiger partial charge in [0, 0.05) is 23.5 Å². The van der Waals surface area contributed by atoms with E-state index >= 15 is 0 Å². The maximum absolute atomic E-state index is 9.87. The molecule has 0 radical (unpaired) electrons. The summed E-state index contributed by atoms with van der Waals surface area (Å²) in [5.41, 5.74) is 3.20. The normalized spacial score (nSPS) is 10.7. The van der Waals surface area contributed by atoms with Crippen LogP contribution in [0, 0.1) is 6.92 Å². The van der Waals surface area contributed by atoms with Crippen molar-refractivity contribution in [3.63, 3.8) is 0 Å². The first kappa shape index (κ1) is 12.5.